The van der Waals surface area contributed by atoms with Crippen molar-refractivity contribution < 1.29 is 4.79 Å². The highest BCUT2D eigenvalue weighted by Crippen LogP contribution is 2.21. The highest BCUT2D eigenvalue weighted by molar-refractivity contribution is 5.97. The van der Waals surface area contributed by atoms with Crippen molar-refractivity contribution in [1.29, 1.82) is 0 Å². The highest BCUT2D eigenvalue weighted by atomic mass is 16.2. The molecule has 1 aromatic carbocycles. The van der Waals surface area contributed by atoms with Crippen LogP contribution >= 0.6 is 0 Å². The third kappa shape index (κ3) is 5.45. The summed E-state index contributed by atoms with van der Waals surface area (Å²) in [5.41, 5.74) is 0.968. The molecule has 6 heteroatoms. The van der Waals surface area contributed by atoms with Crippen LogP contribution in [0, 0.1) is 5.92 Å². The average Bonchev–Trinajstić information content (AvgIpc) is 3.07. The number of amides is 1. The molecule has 1 amide bonds. The molecule has 0 aromatic heterocycles. The maximum absolute atomic E-state index is 12.4. The fourth-order valence-electron chi connectivity index (χ4n) is 3.98. The zero-order valence-electron chi connectivity index (χ0n) is 16.7. The SMILES string of the molecule is CCNC(=NCC1CCCN(CC)C1)NC1CC(=O)N(c2ccccc2)C1. The molecule has 2 atom stereocenters. The second-order valence-electron chi connectivity index (χ2n) is 7.51. The van der Waals surface area contributed by atoms with E-state index in [1.165, 1.54) is 19.4 Å². The van der Waals surface area contributed by atoms with Crippen molar-refractivity contribution in [2.24, 2.45) is 10.9 Å². The van der Waals surface area contributed by atoms with Crippen LogP contribution in [0.15, 0.2) is 35.3 Å². The first kappa shape index (κ1) is 19.7. The van der Waals surface area contributed by atoms with Gasteiger partial charge in [0.15, 0.2) is 5.96 Å². The normalized spacial score (nSPS) is 24.3. The molecule has 0 radical (unpaired) electrons. The maximum Gasteiger partial charge on any atom is 0.229 e. The number of rotatable bonds is 6. The Labute approximate surface area is 163 Å². The van der Waals surface area contributed by atoms with Gasteiger partial charge < -0.3 is 20.4 Å². The van der Waals surface area contributed by atoms with Gasteiger partial charge in [-0.1, -0.05) is 25.1 Å². The molecule has 1 aromatic rings. The van der Waals surface area contributed by atoms with Crippen LogP contribution in [0.4, 0.5) is 5.69 Å². The largest absolute Gasteiger partial charge is 0.357 e. The number of nitrogens with zero attached hydrogens (tertiary/aromatic N) is 3. The Bertz CT molecular complexity index is 633. The Morgan fingerprint density at radius 1 is 1.22 bits per heavy atom. The van der Waals surface area contributed by atoms with E-state index >= 15 is 0 Å². The molecule has 0 saturated carbocycles. The minimum atomic E-state index is 0.0917. The minimum absolute atomic E-state index is 0.0917. The number of piperidine rings is 1. The van der Waals surface area contributed by atoms with Gasteiger partial charge in [-0.05, 0) is 50.9 Å². The van der Waals surface area contributed by atoms with Gasteiger partial charge in [-0.2, -0.15) is 0 Å². The molecule has 0 spiro atoms. The Morgan fingerprint density at radius 3 is 2.78 bits per heavy atom. The van der Waals surface area contributed by atoms with Gasteiger partial charge in [0.05, 0.1) is 6.04 Å². The monoisotopic (exact) mass is 371 g/mol. The molecule has 2 fully saturated rings. The first-order chi connectivity index (χ1) is 13.2. The van der Waals surface area contributed by atoms with E-state index in [4.69, 9.17) is 4.99 Å². The van der Waals surface area contributed by atoms with Crippen molar-refractivity contribution >= 4 is 17.6 Å². The zero-order valence-corrected chi connectivity index (χ0v) is 16.7. The predicted molar refractivity (Wildman–Crippen MR) is 111 cm³/mol. The standard InChI is InChI=1S/C21H33N5O/c1-3-22-21(23-14-17-9-8-12-25(4-2)15-17)24-18-13-20(27)26(16-18)19-10-6-5-7-11-19/h5-7,10-11,17-18H,3-4,8-9,12-16H2,1-2H3,(H2,22,23,24). The summed E-state index contributed by atoms with van der Waals surface area (Å²) in [6.45, 7) is 10.1. The van der Waals surface area contributed by atoms with Crippen LogP contribution in [0.5, 0.6) is 0 Å². The van der Waals surface area contributed by atoms with Crippen LogP contribution in [0.25, 0.3) is 0 Å². The number of guanidine groups is 1. The lowest BCUT2D eigenvalue weighted by molar-refractivity contribution is -0.117. The molecule has 2 unspecified atom stereocenters. The second-order valence-corrected chi connectivity index (χ2v) is 7.51. The fourth-order valence-corrected chi connectivity index (χ4v) is 3.98. The maximum atomic E-state index is 12.4. The van der Waals surface area contributed by atoms with Gasteiger partial charge in [-0.25, -0.2) is 0 Å². The lowest BCUT2D eigenvalue weighted by atomic mass is 9.98. The van der Waals surface area contributed by atoms with Gasteiger partial charge in [0, 0.05) is 38.3 Å². The first-order valence-electron chi connectivity index (χ1n) is 10.3. The van der Waals surface area contributed by atoms with Crippen LogP contribution in [-0.2, 0) is 4.79 Å². The molecular formula is C21H33N5O. The van der Waals surface area contributed by atoms with E-state index < -0.39 is 0 Å². The molecule has 27 heavy (non-hydrogen) atoms. The number of aliphatic imine (C=N–C) groups is 1. The van der Waals surface area contributed by atoms with Crippen LogP contribution in [0.1, 0.15) is 33.1 Å². The Balaban J connectivity index is 1.57. The van der Waals surface area contributed by atoms with Gasteiger partial charge in [0.2, 0.25) is 5.91 Å². The fraction of sp³-hybridized carbons (Fsp3) is 0.619. The number of anilines is 1. The Kier molecular flexibility index (Phi) is 7.10. The number of nitrogens with one attached hydrogen (secondary N) is 2. The van der Waals surface area contributed by atoms with E-state index in [-0.39, 0.29) is 11.9 Å². The zero-order chi connectivity index (χ0) is 19.1. The molecule has 6 nitrogen and oxygen atoms in total. The van der Waals surface area contributed by atoms with Crippen molar-refractivity contribution in [3.63, 3.8) is 0 Å². The van der Waals surface area contributed by atoms with Crippen molar-refractivity contribution in [2.75, 3.05) is 44.2 Å². The van der Waals surface area contributed by atoms with Crippen LogP contribution in [0.2, 0.25) is 0 Å². The smallest absolute Gasteiger partial charge is 0.229 e. The highest BCUT2D eigenvalue weighted by Gasteiger charge is 2.31. The number of hydrogen-bond acceptors (Lipinski definition) is 3. The number of carbonyl (C=O) groups is 1. The van der Waals surface area contributed by atoms with E-state index in [2.05, 4.69) is 29.4 Å². The molecular weight excluding hydrogens is 338 g/mol. The first-order valence-corrected chi connectivity index (χ1v) is 10.3. The molecule has 2 heterocycles. The molecule has 2 N–H and O–H groups in total. The number of benzene rings is 1. The molecule has 0 bridgehead atoms. The number of para-hydroxylation sites is 1. The topological polar surface area (TPSA) is 60.0 Å². The summed E-state index contributed by atoms with van der Waals surface area (Å²) in [6, 6.07) is 9.98. The van der Waals surface area contributed by atoms with Crippen molar-refractivity contribution in [3.8, 4) is 0 Å². The van der Waals surface area contributed by atoms with Gasteiger partial charge in [-0.3, -0.25) is 9.79 Å². The van der Waals surface area contributed by atoms with Crippen LogP contribution < -0.4 is 15.5 Å². The molecule has 2 saturated heterocycles. The number of hydrogen-bond donors (Lipinski definition) is 2. The van der Waals surface area contributed by atoms with Gasteiger partial charge in [0.25, 0.3) is 0 Å². The average molecular weight is 372 g/mol. The lowest BCUT2D eigenvalue weighted by Crippen LogP contribution is -2.45. The summed E-state index contributed by atoms with van der Waals surface area (Å²) in [5, 5.41) is 6.81. The summed E-state index contributed by atoms with van der Waals surface area (Å²) in [7, 11) is 0. The van der Waals surface area contributed by atoms with E-state index in [1.807, 2.05) is 35.2 Å². The van der Waals surface area contributed by atoms with Gasteiger partial charge in [-0.15, -0.1) is 0 Å². The Hall–Kier alpha value is -2.08. The van der Waals surface area contributed by atoms with Crippen molar-refractivity contribution in [3.05, 3.63) is 30.3 Å². The van der Waals surface area contributed by atoms with E-state index in [1.54, 1.807) is 0 Å². The second kappa shape index (κ2) is 9.74. The summed E-state index contributed by atoms with van der Waals surface area (Å²) >= 11 is 0. The van der Waals surface area contributed by atoms with Crippen LogP contribution in [-0.4, -0.2) is 62.1 Å². The van der Waals surface area contributed by atoms with Crippen molar-refractivity contribution in [2.45, 2.75) is 39.2 Å². The third-order valence-electron chi connectivity index (χ3n) is 5.44. The predicted octanol–water partition coefficient (Wildman–Crippen LogP) is 2.08. The number of likely N-dealkylation sites (tertiary alicyclic amines) is 1. The van der Waals surface area contributed by atoms with Gasteiger partial charge in [0.1, 0.15) is 0 Å². The van der Waals surface area contributed by atoms with E-state index in [0.29, 0.717) is 18.9 Å². The molecule has 0 aliphatic carbocycles. The number of carbonyl (C=O) groups excluding carboxylic acids is 1. The summed E-state index contributed by atoms with van der Waals surface area (Å²) in [5.74, 6) is 1.62. The summed E-state index contributed by atoms with van der Waals surface area (Å²) < 4.78 is 0. The van der Waals surface area contributed by atoms with Crippen LogP contribution in [0.3, 0.4) is 0 Å². The molecule has 2 aliphatic rings. The molecule has 3 rings (SSSR count). The molecule has 2 aliphatic heterocycles. The summed E-state index contributed by atoms with van der Waals surface area (Å²) in [4.78, 5) is 21.6. The van der Waals surface area contributed by atoms with E-state index in [0.717, 1.165) is 37.8 Å². The van der Waals surface area contributed by atoms with Gasteiger partial charge >= 0.3 is 0 Å². The lowest BCUT2D eigenvalue weighted by Gasteiger charge is -2.31. The van der Waals surface area contributed by atoms with E-state index in [9.17, 15) is 4.79 Å². The molecule has 148 valence electrons. The van der Waals surface area contributed by atoms with Crippen molar-refractivity contribution in [1.82, 2.24) is 15.5 Å². The third-order valence-corrected chi connectivity index (χ3v) is 5.44. The minimum Gasteiger partial charge on any atom is -0.357 e. The quantitative estimate of drug-likeness (QED) is 0.594. The Morgan fingerprint density at radius 2 is 2.04 bits per heavy atom. The summed E-state index contributed by atoms with van der Waals surface area (Å²) in [6.07, 6.45) is 3.02.